The molecule has 0 saturated carbocycles. The number of hydrogen-bond acceptors (Lipinski definition) is 1. The molecule has 0 N–H and O–H groups in total. The first kappa shape index (κ1) is 14.2. The fourth-order valence-corrected chi connectivity index (χ4v) is 1.14. The van der Waals surface area contributed by atoms with Crippen molar-refractivity contribution >= 4 is 0 Å². The molecule has 96 valence electrons. The van der Waals surface area contributed by atoms with E-state index in [4.69, 9.17) is 4.74 Å². The SMILES string of the molecule is C=C(OC(C#Cc1ccccc1)CC)C(F)(F)F. The normalized spacial score (nSPS) is 12.2. The molecule has 1 rings (SSSR count). The van der Waals surface area contributed by atoms with Gasteiger partial charge in [-0.1, -0.05) is 43.5 Å². The molecular formula is C14H13F3O. The zero-order valence-electron chi connectivity index (χ0n) is 9.92. The molecule has 0 heterocycles. The maximum absolute atomic E-state index is 12.2. The van der Waals surface area contributed by atoms with E-state index >= 15 is 0 Å². The average molecular weight is 254 g/mol. The van der Waals surface area contributed by atoms with Crippen LogP contribution in [0.1, 0.15) is 18.9 Å². The van der Waals surface area contributed by atoms with Crippen molar-refractivity contribution in [3.8, 4) is 11.8 Å². The lowest BCUT2D eigenvalue weighted by molar-refractivity contribution is -0.135. The van der Waals surface area contributed by atoms with Crippen LogP contribution in [0.25, 0.3) is 0 Å². The van der Waals surface area contributed by atoms with E-state index in [0.717, 1.165) is 5.56 Å². The summed E-state index contributed by atoms with van der Waals surface area (Å²) in [6, 6.07) is 9.00. The second kappa shape index (κ2) is 6.15. The predicted molar refractivity (Wildman–Crippen MR) is 63.7 cm³/mol. The van der Waals surface area contributed by atoms with Crippen LogP contribution in [-0.4, -0.2) is 12.3 Å². The summed E-state index contributed by atoms with van der Waals surface area (Å²) in [7, 11) is 0. The third-order valence-electron chi connectivity index (χ3n) is 2.12. The van der Waals surface area contributed by atoms with E-state index in [-0.39, 0.29) is 0 Å². The van der Waals surface area contributed by atoms with E-state index in [1.807, 2.05) is 6.07 Å². The van der Waals surface area contributed by atoms with Gasteiger partial charge in [-0.05, 0) is 18.6 Å². The lowest BCUT2D eigenvalue weighted by atomic mass is 10.2. The van der Waals surface area contributed by atoms with Crippen LogP contribution < -0.4 is 0 Å². The third kappa shape index (κ3) is 4.54. The summed E-state index contributed by atoms with van der Waals surface area (Å²) in [4.78, 5) is 0. The maximum Gasteiger partial charge on any atom is 0.448 e. The van der Waals surface area contributed by atoms with Gasteiger partial charge >= 0.3 is 6.18 Å². The highest BCUT2D eigenvalue weighted by molar-refractivity contribution is 5.34. The van der Waals surface area contributed by atoms with E-state index in [1.54, 1.807) is 31.2 Å². The van der Waals surface area contributed by atoms with E-state index in [9.17, 15) is 13.2 Å². The lowest BCUT2D eigenvalue weighted by Gasteiger charge is -2.15. The highest BCUT2D eigenvalue weighted by Gasteiger charge is 2.35. The Morgan fingerprint density at radius 1 is 1.33 bits per heavy atom. The average Bonchev–Trinajstić information content (AvgIpc) is 2.34. The van der Waals surface area contributed by atoms with E-state index in [0.29, 0.717) is 6.42 Å². The molecule has 0 aliphatic carbocycles. The van der Waals surface area contributed by atoms with E-state index in [1.165, 1.54) is 0 Å². The van der Waals surface area contributed by atoms with Gasteiger partial charge in [-0.15, -0.1) is 0 Å². The van der Waals surface area contributed by atoms with Gasteiger partial charge in [0.25, 0.3) is 0 Å². The standard InChI is InChI=1S/C14H13F3O/c1-3-13(18-11(2)14(15,16)17)10-9-12-7-5-4-6-8-12/h4-8,13H,2-3H2,1H3. The molecule has 1 aromatic rings. The smallest absolute Gasteiger partial charge is 0.448 e. The van der Waals surface area contributed by atoms with Crippen LogP contribution in [0.5, 0.6) is 0 Å². The minimum atomic E-state index is -4.54. The monoisotopic (exact) mass is 254 g/mol. The molecule has 1 aromatic carbocycles. The number of ether oxygens (including phenoxy) is 1. The molecule has 0 fully saturated rings. The zero-order valence-corrected chi connectivity index (χ0v) is 9.92. The number of benzene rings is 1. The molecule has 0 radical (unpaired) electrons. The Balaban J connectivity index is 2.70. The molecule has 0 amide bonds. The Morgan fingerprint density at radius 2 is 1.94 bits per heavy atom. The Labute approximate surface area is 104 Å². The van der Waals surface area contributed by atoms with Gasteiger partial charge < -0.3 is 4.74 Å². The largest absolute Gasteiger partial charge is 0.473 e. The number of rotatable bonds is 3. The van der Waals surface area contributed by atoms with Crippen molar-refractivity contribution in [3.05, 3.63) is 48.2 Å². The van der Waals surface area contributed by atoms with Crippen LogP contribution in [0.3, 0.4) is 0 Å². The summed E-state index contributed by atoms with van der Waals surface area (Å²) in [6.07, 6.45) is -4.99. The van der Waals surface area contributed by atoms with Crippen molar-refractivity contribution < 1.29 is 17.9 Å². The molecule has 18 heavy (non-hydrogen) atoms. The Hall–Kier alpha value is -1.89. The summed E-state index contributed by atoms with van der Waals surface area (Å²) in [5.41, 5.74) is 0.733. The predicted octanol–water partition coefficient (Wildman–Crippen LogP) is 3.91. The maximum atomic E-state index is 12.2. The minimum Gasteiger partial charge on any atom is -0.473 e. The second-order valence-corrected chi connectivity index (χ2v) is 3.57. The van der Waals surface area contributed by atoms with E-state index < -0.39 is 18.0 Å². The zero-order chi connectivity index (χ0) is 13.6. The van der Waals surface area contributed by atoms with Crippen molar-refractivity contribution in [1.29, 1.82) is 0 Å². The first-order valence-electron chi connectivity index (χ1n) is 5.43. The van der Waals surface area contributed by atoms with Gasteiger partial charge in [0.05, 0.1) is 0 Å². The van der Waals surface area contributed by atoms with Gasteiger partial charge in [0, 0.05) is 5.56 Å². The Bertz CT molecular complexity index is 451. The first-order valence-corrected chi connectivity index (χ1v) is 5.43. The number of allylic oxidation sites excluding steroid dienone is 1. The fourth-order valence-electron chi connectivity index (χ4n) is 1.14. The highest BCUT2D eigenvalue weighted by Crippen LogP contribution is 2.26. The van der Waals surface area contributed by atoms with Gasteiger partial charge in [0.2, 0.25) is 0 Å². The molecule has 0 aliphatic heterocycles. The molecule has 0 saturated heterocycles. The van der Waals surface area contributed by atoms with Crippen molar-refractivity contribution in [2.75, 3.05) is 0 Å². The summed E-state index contributed by atoms with van der Waals surface area (Å²) >= 11 is 0. The van der Waals surface area contributed by atoms with Crippen LogP contribution in [0, 0.1) is 11.8 Å². The van der Waals surface area contributed by atoms with E-state index in [2.05, 4.69) is 18.4 Å². The van der Waals surface area contributed by atoms with Crippen molar-refractivity contribution in [1.82, 2.24) is 0 Å². The van der Waals surface area contributed by atoms with Crippen LogP contribution >= 0.6 is 0 Å². The fraction of sp³-hybridized carbons (Fsp3) is 0.286. The molecule has 0 bridgehead atoms. The van der Waals surface area contributed by atoms with Crippen LogP contribution in [0.15, 0.2) is 42.7 Å². The molecule has 1 nitrogen and oxygen atoms in total. The van der Waals surface area contributed by atoms with Crippen molar-refractivity contribution in [3.63, 3.8) is 0 Å². The summed E-state index contributed by atoms with van der Waals surface area (Å²) in [6.45, 7) is 4.56. The van der Waals surface area contributed by atoms with Crippen molar-refractivity contribution in [2.24, 2.45) is 0 Å². The molecule has 4 heteroatoms. The van der Waals surface area contributed by atoms with Gasteiger partial charge in [0.15, 0.2) is 11.9 Å². The summed E-state index contributed by atoms with van der Waals surface area (Å²) in [5, 5.41) is 0. The topological polar surface area (TPSA) is 9.23 Å². The number of alkyl halides is 3. The van der Waals surface area contributed by atoms with Gasteiger partial charge in [0.1, 0.15) is 0 Å². The summed E-state index contributed by atoms with van der Waals surface area (Å²) in [5.74, 6) is 4.21. The Kier molecular flexibility index (Phi) is 4.85. The first-order chi connectivity index (χ1) is 8.43. The molecule has 0 aliphatic rings. The quantitative estimate of drug-likeness (QED) is 0.587. The van der Waals surface area contributed by atoms with Crippen molar-refractivity contribution in [2.45, 2.75) is 25.6 Å². The van der Waals surface area contributed by atoms with Gasteiger partial charge in [-0.2, -0.15) is 13.2 Å². The molecule has 1 atom stereocenters. The summed E-state index contributed by atoms with van der Waals surface area (Å²) < 4.78 is 41.4. The highest BCUT2D eigenvalue weighted by atomic mass is 19.4. The minimum absolute atomic E-state index is 0.356. The van der Waals surface area contributed by atoms with Gasteiger partial charge in [-0.25, -0.2) is 0 Å². The van der Waals surface area contributed by atoms with Gasteiger partial charge in [-0.3, -0.25) is 0 Å². The molecule has 0 aromatic heterocycles. The molecular weight excluding hydrogens is 241 g/mol. The number of hydrogen-bond donors (Lipinski definition) is 0. The molecule has 0 spiro atoms. The lowest BCUT2D eigenvalue weighted by Crippen LogP contribution is -2.19. The Morgan fingerprint density at radius 3 is 2.44 bits per heavy atom. The van der Waals surface area contributed by atoms with Crippen LogP contribution in [-0.2, 0) is 4.74 Å². The third-order valence-corrected chi connectivity index (χ3v) is 2.12. The second-order valence-electron chi connectivity index (χ2n) is 3.57. The molecule has 1 unspecified atom stereocenters. The van der Waals surface area contributed by atoms with Crippen LogP contribution in [0.2, 0.25) is 0 Å². The number of halogens is 3. The van der Waals surface area contributed by atoms with Crippen LogP contribution in [0.4, 0.5) is 13.2 Å².